The van der Waals surface area contributed by atoms with E-state index in [1.165, 1.54) is 0 Å². The molecule has 0 aliphatic carbocycles. The summed E-state index contributed by atoms with van der Waals surface area (Å²) in [5.41, 5.74) is 6.76. The normalized spacial score (nSPS) is 12.2. The van der Waals surface area contributed by atoms with Crippen LogP contribution in [0.25, 0.3) is 0 Å². The van der Waals surface area contributed by atoms with Gasteiger partial charge < -0.3 is 10.5 Å². The molecule has 4 heteroatoms. The van der Waals surface area contributed by atoms with Crippen molar-refractivity contribution in [3.05, 3.63) is 51.7 Å². The predicted molar refractivity (Wildman–Crippen MR) is 76.1 cm³/mol. The first-order valence-electron chi connectivity index (χ1n) is 5.31. The van der Waals surface area contributed by atoms with Crippen molar-refractivity contribution in [3.63, 3.8) is 0 Å². The smallest absolute Gasteiger partial charge is 0.219 e. The molecule has 0 aliphatic heterocycles. The lowest BCUT2D eigenvalue weighted by atomic mass is 10.2. The van der Waals surface area contributed by atoms with Crippen LogP contribution >= 0.6 is 22.6 Å². The molecule has 1 aromatic carbocycles. The Morgan fingerprint density at radius 3 is 2.59 bits per heavy atom. The second kappa shape index (κ2) is 5.46. The molecule has 2 aromatic rings. The Morgan fingerprint density at radius 1 is 1.24 bits per heavy atom. The number of hydrogen-bond donors (Lipinski definition) is 1. The van der Waals surface area contributed by atoms with Crippen LogP contribution in [0.4, 0.5) is 0 Å². The molecule has 1 heterocycles. The second-order valence-corrected chi connectivity index (χ2v) is 4.91. The Balaban J connectivity index is 2.17. The molecule has 88 valence electrons. The molecule has 0 amide bonds. The third-order valence-electron chi connectivity index (χ3n) is 2.34. The van der Waals surface area contributed by atoms with Gasteiger partial charge >= 0.3 is 0 Å². The average molecular weight is 340 g/mol. The van der Waals surface area contributed by atoms with Crippen molar-refractivity contribution in [1.29, 1.82) is 0 Å². The molecule has 1 aromatic heterocycles. The second-order valence-electron chi connectivity index (χ2n) is 3.75. The first-order chi connectivity index (χ1) is 8.16. The van der Waals surface area contributed by atoms with Gasteiger partial charge in [0.15, 0.2) is 0 Å². The number of benzene rings is 1. The zero-order valence-electron chi connectivity index (χ0n) is 9.43. The van der Waals surface area contributed by atoms with E-state index >= 15 is 0 Å². The minimum Gasteiger partial charge on any atom is -0.438 e. The van der Waals surface area contributed by atoms with Crippen LogP contribution < -0.4 is 10.5 Å². The number of hydrogen-bond acceptors (Lipinski definition) is 3. The SMILES string of the molecule is C[C@@H](N)c1ccc(Oc2ccccc2I)nc1. The Kier molecular flexibility index (Phi) is 3.96. The molecule has 0 unspecified atom stereocenters. The van der Waals surface area contributed by atoms with Crippen molar-refractivity contribution in [2.24, 2.45) is 5.73 Å². The molecule has 17 heavy (non-hydrogen) atoms. The molecular formula is C13H13IN2O. The number of halogens is 1. The highest BCUT2D eigenvalue weighted by molar-refractivity contribution is 14.1. The first kappa shape index (κ1) is 12.3. The van der Waals surface area contributed by atoms with Crippen molar-refractivity contribution < 1.29 is 4.74 Å². The van der Waals surface area contributed by atoms with Crippen molar-refractivity contribution in [1.82, 2.24) is 4.98 Å². The average Bonchev–Trinajstić information content (AvgIpc) is 2.33. The summed E-state index contributed by atoms with van der Waals surface area (Å²) in [5, 5.41) is 0. The van der Waals surface area contributed by atoms with Gasteiger partial charge in [-0.3, -0.25) is 0 Å². The minimum absolute atomic E-state index is 0.00610. The Hall–Kier alpha value is -1.14. The zero-order valence-corrected chi connectivity index (χ0v) is 11.6. The van der Waals surface area contributed by atoms with Crippen molar-refractivity contribution in [3.8, 4) is 11.6 Å². The zero-order chi connectivity index (χ0) is 12.3. The molecule has 0 saturated carbocycles. The number of para-hydroxylation sites is 1. The van der Waals surface area contributed by atoms with Crippen LogP contribution in [0, 0.1) is 3.57 Å². The number of nitrogens with two attached hydrogens (primary N) is 1. The van der Waals surface area contributed by atoms with Crippen molar-refractivity contribution >= 4 is 22.6 Å². The fraction of sp³-hybridized carbons (Fsp3) is 0.154. The molecule has 0 fully saturated rings. The van der Waals surface area contributed by atoms with Crippen molar-refractivity contribution in [2.75, 3.05) is 0 Å². The van der Waals surface area contributed by atoms with Crippen molar-refractivity contribution in [2.45, 2.75) is 13.0 Å². The first-order valence-corrected chi connectivity index (χ1v) is 6.38. The van der Waals surface area contributed by atoms with Gasteiger partial charge in [-0.2, -0.15) is 0 Å². The maximum Gasteiger partial charge on any atom is 0.219 e. The van der Waals surface area contributed by atoms with Gasteiger partial charge in [0.25, 0.3) is 0 Å². The van der Waals surface area contributed by atoms with Gasteiger partial charge in [0.05, 0.1) is 3.57 Å². The Bertz CT molecular complexity index is 497. The molecule has 2 rings (SSSR count). The molecule has 0 saturated heterocycles. The highest BCUT2D eigenvalue weighted by Crippen LogP contribution is 2.25. The largest absolute Gasteiger partial charge is 0.438 e. The summed E-state index contributed by atoms with van der Waals surface area (Å²) in [5.74, 6) is 1.40. The van der Waals surface area contributed by atoms with Crippen LogP contribution in [0.1, 0.15) is 18.5 Å². The van der Waals surface area contributed by atoms with E-state index in [0.29, 0.717) is 5.88 Å². The number of aromatic nitrogens is 1. The van der Waals surface area contributed by atoms with Gasteiger partial charge in [0, 0.05) is 18.3 Å². The summed E-state index contributed by atoms with van der Waals surface area (Å²) in [6.45, 7) is 1.93. The highest BCUT2D eigenvalue weighted by atomic mass is 127. The molecular weight excluding hydrogens is 327 g/mol. The maximum absolute atomic E-state index is 5.76. The third-order valence-corrected chi connectivity index (χ3v) is 3.23. The quantitative estimate of drug-likeness (QED) is 0.870. The summed E-state index contributed by atoms with van der Waals surface area (Å²) in [6.07, 6.45) is 1.75. The van der Waals surface area contributed by atoms with Crippen LogP contribution in [-0.2, 0) is 0 Å². The topological polar surface area (TPSA) is 48.1 Å². The fourth-order valence-electron chi connectivity index (χ4n) is 1.36. The van der Waals surface area contributed by atoms with E-state index in [4.69, 9.17) is 10.5 Å². The summed E-state index contributed by atoms with van der Waals surface area (Å²) in [7, 11) is 0. The van der Waals surface area contributed by atoms with Crippen LogP contribution in [0.5, 0.6) is 11.6 Å². The van der Waals surface area contributed by atoms with E-state index in [9.17, 15) is 0 Å². The minimum atomic E-state index is -0.00610. The summed E-state index contributed by atoms with van der Waals surface area (Å²) >= 11 is 2.23. The third kappa shape index (κ3) is 3.17. The maximum atomic E-state index is 5.76. The number of ether oxygens (including phenoxy) is 1. The monoisotopic (exact) mass is 340 g/mol. The lowest BCUT2D eigenvalue weighted by Gasteiger charge is -2.08. The van der Waals surface area contributed by atoms with E-state index in [2.05, 4.69) is 27.6 Å². The van der Waals surface area contributed by atoms with Gasteiger partial charge in [-0.15, -0.1) is 0 Å². The van der Waals surface area contributed by atoms with Gasteiger partial charge in [0.1, 0.15) is 5.75 Å². The lowest BCUT2D eigenvalue weighted by Crippen LogP contribution is -2.05. The van der Waals surface area contributed by atoms with E-state index in [1.54, 1.807) is 6.20 Å². The van der Waals surface area contributed by atoms with Crippen LogP contribution in [-0.4, -0.2) is 4.98 Å². The van der Waals surface area contributed by atoms with E-state index in [1.807, 2.05) is 43.3 Å². The summed E-state index contributed by atoms with van der Waals surface area (Å²) in [6, 6.07) is 11.6. The standard InChI is InChI=1S/C13H13IN2O/c1-9(15)10-6-7-13(16-8-10)17-12-5-3-2-4-11(12)14/h2-9H,15H2,1H3/t9-/m1/s1. The fourth-order valence-corrected chi connectivity index (χ4v) is 1.86. The number of pyridine rings is 1. The van der Waals surface area contributed by atoms with E-state index in [0.717, 1.165) is 14.9 Å². The molecule has 2 N–H and O–H groups in total. The van der Waals surface area contributed by atoms with Crippen LogP contribution in [0.2, 0.25) is 0 Å². The molecule has 3 nitrogen and oxygen atoms in total. The van der Waals surface area contributed by atoms with Crippen LogP contribution in [0.15, 0.2) is 42.6 Å². The van der Waals surface area contributed by atoms with Gasteiger partial charge in [-0.05, 0) is 47.2 Å². The summed E-state index contributed by atoms with van der Waals surface area (Å²) in [4.78, 5) is 4.23. The number of rotatable bonds is 3. The Labute approximate surface area is 114 Å². The predicted octanol–water partition coefficient (Wildman–Crippen LogP) is 3.50. The number of nitrogens with zero attached hydrogens (tertiary/aromatic N) is 1. The van der Waals surface area contributed by atoms with Gasteiger partial charge in [0.2, 0.25) is 5.88 Å². The van der Waals surface area contributed by atoms with Gasteiger partial charge in [-0.25, -0.2) is 4.98 Å². The molecule has 0 aliphatic rings. The molecule has 1 atom stereocenters. The van der Waals surface area contributed by atoms with Gasteiger partial charge in [-0.1, -0.05) is 18.2 Å². The highest BCUT2D eigenvalue weighted by Gasteiger charge is 2.04. The lowest BCUT2D eigenvalue weighted by molar-refractivity contribution is 0.459. The molecule has 0 radical (unpaired) electrons. The van der Waals surface area contributed by atoms with Crippen LogP contribution in [0.3, 0.4) is 0 Å². The van der Waals surface area contributed by atoms with E-state index in [-0.39, 0.29) is 6.04 Å². The molecule has 0 bridgehead atoms. The molecule has 0 spiro atoms. The summed E-state index contributed by atoms with van der Waals surface area (Å²) < 4.78 is 6.74. The Morgan fingerprint density at radius 2 is 2.00 bits per heavy atom. The van der Waals surface area contributed by atoms with E-state index < -0.39 is 0 Å².